The van der Waals surface area contributed by atoms with Crippen LogP contribution in [0.3, 0.4) is 0 Å². The molecule has 4 rings (SSSR count). The van der Waals surface area contributed by atoms with Gasteiger partial charge in [0.25, 0.3) is 0 Å². The highest BCUT2D eigenvalue weighted by molar-refractivity contribution is 5.54. The zero-order valence-corrected chi connectivity index (χ0v) is 14.3. The van der Waals surface area contributed by atoms with E-state index in [-0.39, 0.29) is 5.82 Å². The number of anilines is 1. The summed E-state index contributed by atoms with van der Waals surface area (Å²) in [5.41, 5.74) is 3.03. The summed E-state index contributed by atoms with van der Waals surface area (Å²) < 4.78 is 14.8. The fourth-order valence-corrected chi connectivity index (χ4v) is 3.23. The van der Waals surface area contributed by atoms with Crippen LogP contribution in [0.2, 0.25) is 0 Å². The van der Waals surface area contributed by atoms with Gasteiger partial charge in [-0.15, -0.1) is 10.2 Å². The fraction of sp³-hybridized carbons (Fsp3) is 0.389. The number of hydrogen-bond acceptors (Lipinski definition) is 5. The summed E-state index contributed by atoms with van der Waals surface area (Å²) in [7, 11) is 0. The Hall–Kier alpha value is -2.54. The van der Waals surface area contributed by atoms with Crippen molar-refractivity contribution in [1.29, 1.82) is 0 Å². The molecule has 25 heavy (non-hydrogen) atoms. The highest BCUT2D eigenvalue weighted by Gasteiger charge is 2.18. The molecule has 1 aromatic carbocycles. The van der Waals surface area contributed by atoms with Crippen molar-refractivity contribution >= 4 is 11.3 Å². The van der Waals surface area contributed by atoms with Crippen LogP contribution in [0.5, 0.6) is 0 Å². The van der Waals surface area contributed by atoms with Gasteiger partial charge in [0.2, 0.25) is 0 Å². The maximum Gasteiger partial charge on any atom is 0.179 e. The molecule has 0 spiro atoms. The minimum Gasteiger partial charge on any atom is -0.368 e. The average molecular weight is 340 g/mol. The van der Waals surface area contributed by atoms with Crippen molar-refractivity contribution in [3.8, 4) is 0 Å². The van der Waals surface area contributed by atoms with Gasteiger partial charge in [0.15, 0.2) is 11.5 Å². The van der Waals surface area contributed by atoms with Crippen LogP contribution < -0.4 is 4.90 Å². The van der Waals surface area contributed by atoms with E-state index in [1.54, 1.807) is 4.52 Å². The van der Waals surface area contributed by atoms with Crippen LogP contribution in [0.15, 0.2) is 36.5 Å². The monoisotopic (exact) mass is 340 g/mol. The molecule has 0 N–H and O–H groups in total. The van der Waals surface area contributed by atoms with Gasteiger partial charge in [-0.3, -0.25) is 4.90 Å². The molecule has 0 atom stereocenters. The third kappa shape index (κ3) is 3.32. The van der Waals surface area contributed by atoms with Crippen molar-refractivity contribution in [2.24, 2.45) is 0 Å². The Balaban J connectivity index is 1.40. The molecule has 1 saturated heterocycles. The van der Waals surface area contributed by atoms with E-state index in [4.69, 9.17) is 0 Å². The van der Waals surface area contributed by atoms with Crippen molar-refractivity contribution in [2.45, 2.75) is 19.9 Å². The first kappa shape index (κ1) is 16.0. The van der Waals surface area contributed by atoms with Gasteiger partial charge in [-0.05, 0) is 17.7 Å². The first-order valence-corrected chi connectivity index (χ1v) is 8.65. The Kier molecular flexibility index (Phi) is 4.31. The van der Waals surface area contributed by atoms with Crippen LogP contribution in [-0.4, -0.2) is 50.9 Å². The van der Waals surface area contributed by atoms with Crippen LogP contribution in [-0.2, 0) is 13.0 Å². The summed E-state index contributed by atoms with van der Waals surface area (Å²) in [6, 6.07) is 8.81. The van der Waals surface area contributed by atoms with Gasteiger partial charge >= 0.3 is 0 Å². The maximum atomic E-state index is 13.0. The van der Waals surface area contributed by atoms with Crippen LogP contribution in [0.1, 0.15) is 18.3 Å². The predicted octanol–water partition coefficient (Wildman–Crippen LogP) is 2.15. The molecule has 0 amide bonds. The molecule has 3 heterocycles. The van der Waals surface area contributed by atoms with Crippen molar-refractivity contribution in [3.05, 3.63) is 53.7 Å². The molecule has 3 aromatic rings. The molecular weight excluding hydrogens is 319 g/mol. The van der Waals surface area contributed by atoms with Crippen molar-refractivity contribution in [1.82, 2.24) is 24.7 Å². The van der Waals surface area contributed by atoms with Crippen molar-refractivity contribution in [3.63, 3.8) is 0 Å². The molecule has 0 bridgehead atoms. The Morgan fingerprint density at radius 2 is 1.80 bits per heavy atom. The molecule has 6 nitrogen and oxygen atoms in total. The summed E-state index contributed by atoms with van der Waals surface area (Å²) in [4.78, 5) is 4.72. The molecule has 1 aliphatic rings. The lowest BCUT2D eigenvalue weighted by Gasteiger charge is -2.35. The number of rotatable bonds is 4. The number of aryl methyl sites for hydroxylation is 1. The van der Waals surface area contributed by atoms with Crippen LogP contribution in [0, 0.1) is 5.82 Å². The first-order valence-electron chi connectivity index (χ1n) is 8.65. The number of benzene rings is 1. The number of fused-ring (bicyclic) bond motifs is 1. The van der Waals surface area contributed by atoms with E-state index in [9.17, 15) is 4.39 Å². The first-order chi connectivity index (χ1) is 12.2. The summed E-state index contributed by atoms with van der Waals surface area (Å²) in [5, 5.41) is 12.9. The smallest absolute Gasteiger partial charge is 0.179 e. The molecule has 1 aliphatic heterocycles. The van der Waals surface area contributed by atoms with Crippen molar-refractivity contribution in [2.75, 3.05) is 31.1 Å². The summed E-state index contributed by atoms with van der Waals surface area (Å²) in [6.07, 6.45) is 2.71. The third-order valence-corrected chi connectivity index (χ3v) is 4.68. The molecular formula is C18H21FN6. The lowest BCUT2D eigenvalue weighted by Crippen LogP contribution is -2.46. The minimum absolute atomic E-state index is 0.184. The number of hydrogen-bond donors (Lipinski definition) is 0. The maximum absolute atomic E-state index is 13.0. The summed E-state index contributed by atoms with van der Waals surface area (Å²) >= 11 is 0. The largest absolute Gasteiger partial charge is 0.368 e. The molecule has 0 radical (unpaired) electrons. The predicted molar refractivity (Wildman–Crippen MR) is 94.1 cm³/mol. The molecule has 1 fully saturated rings. The van der Waals surface area contributed by atoms with E-state index >= 15 is 0 Å². The Morgan fingerprint density at radius 3 is 2.52 bits per heavy atom. The van der Waals surface area contributed by atoms with Gasteiger partial charge in [-0.2, -0.15) is 9.61 Å². The van der Waals surface area contributed by atoms with E-state index in [1.165, 1.54) is 12.1 Å². The Bertz CT molecular complexity index is 852. The van der Waals surface area contributed by atoms with Crippen LogP contribution in [0.25, 0.3) is 5.65 Å². The second-order valence-electron chi connectivity index (χ2n) is 6.34. The quantitative estimate of drug-likeness (QED) is 0.728. The van der Waals surface area contributed by atoms with E-state index in [1.807, 2.05) is 25.3 Å². The van der Waals surface area contributed by atoms with Crippen LogP contribution in [0.4, 0.5) is 10.1 Å². The number of nitrogens with zero attached hydrogens (tertiary/aromatic N) is 6. The number of halogens is 1. The number of piperazine rings is 1. The zero-order chi connectivity index (χ0) is 17.2. The molecule has 0 saturated carbocycles. The molecule has 0 aliphatic carbocycles. The van der Waals surface area contributed by atoms with Gasteiger partial charge < -0.3 is 4.90 Å². The van der Waals surface area contributed by atoms with Crippen LogP contribution >= 0.6 is 0 Å². The van der Waals surface area contributed by atoms with Gasteiger partial charge in [0.05, 0.1) is 11.9 Å². The standard InChI is InChI=1S/C18H21FN6/c1-2-17-21-22-18-11-16(12-20-25(17)18)24-9-7-23(8-10-24)13-14-3-5-15(19)6-4-14/h3-6,11-12H,2,7-10,13H2,1H3. The van der Waals surface area contributed by atoms with Gasteiger partial charge in [-0.25, -0.2) is 4.39 Å². The SMILES string of the molecule is CCc1nnc2cc(N3CCN(Cc4ccc(F)cc4)CC3)cnn12. The summed E-state index contributed by atoms with van der Waals surface area (Å²) in [5.74, 6) is 0.696. The normalized spacial score (nSPS) is 15.8. The summed E-state index contributed by atoms with van der Waals surface area (Å²) in [6.45, 7) is 6.72. The molecule has 7 heteroatoms. The third-order valence-electron chi connectivity index (χ3n) is 4.68. The Labute approximate surface area is 145 Å². The Morgan fingerprint density at radius 1 is 1.04 bits per heavy atom. The highest BCUT2D eigenvalue weighted by atomic mass is 19.1. The van der Waals surface area contributed by atoms with E-state index in [2.05, 4.69) is 31.2 Å². The van der Waals surface area contributed by atoms with Gasteiger partial charge in [0, 0.05) is 45.2 Å². The fourth-order valence-electron chi connectivity index (χ4n) is 3.23. The molecule has 130 valence electrons. The van der Waals surface area contributed by atoms with E-state index in [0.29, 0.717) is 0 Å². The molecule has 0 unspecified atom stereocenters. The molecule has 2 aromatic heterocycles. The second kappa shape index (κ2) is 6.76. The second-order valence-corrected chi connectivity index (χ2v) is 6.34. The number of aromatic nitrogens is 4. The van der Waals surface area contributed by atoms with E-state index in [0.717, 1.165) is 61.9 Å². The highest BCUT2D eigenvalue weighted by Crippen LogP contribution is 2.18. The van der Waals surface area contributed by atoms with Crippen molar-refractivity contribution < 1.29 is 4.39 Å². The average Bonchev–Trinajstić information content (AvgIpc) is 3.06. The lowest BCUT2D eigenvalue weighted by molar-refractivity contribution is 0.249. The zero-order valence-electron chi connectivity index (χ0n) is 14.3. The lowest BCUT2D eigenvalue weighted by atomic mass is 10.2. The van der Waals surface area contributed by atoms with E-state index < -0.39 is 0 Å². The van der Waals surface area contributed by atoms with Gasteiger partial charge in [-0.1, -0.05) is 19.1 Å². The minimum atomic E-state index is -0.184. The topological polar surface area (TPSA) is 49.6 Å². The van der Waals surface area contributed by atoms with Gasteiger partial charge in [0.1, 0.15) is 5.82 Å².